The Kier molecular flexibility index (Phi) is 3.78. The van der Waals surface area contributed by atoms with Crippen molar-refractivity contribution < 1.29 is 4.74 Å². The quantitative estimate of drug-likeness (QED) is 0.889. The van der Waals surface area contributed by atoms with Gasteiger partial charge in [-0.2, -0.15) is 10.4 Å². The molecule has 0 saturated heterocycles. The molecule has 6 heteroatoms. The lowest BCUT2D eigenvalue weighted by Gasteiger charge is -2.06. The summed E-state index contributed by atoms with van der Waals surface area (Å²) in [5.74, 6) is 1.17. The molecular formula is C13H15N5O. The zero-order valence-electron chi connectivity index (χ0n) is 10.9. The molecule has 0 saturated carbocycles. The van der Waals surface area contributed by atoms with Gasteiger partial charge in [0.1, 0.15) is 18.1 Å². The average molecular weight is 257 g/mol. The zero-order chi connectivity index (χ0) is 13.8. The fraction of sp³-hybridized carbons (Fsp3) is 0.308. The van der Waals surface area contributed by atoms with Crippen LogP contribution >= 0.6 is 0 Å². The van der Waals surface area contributed by atoms with E-state index >= 15 is 0 Å². The first-order valence-electron chi connectivity index (χ1n) is 5.86. The highest BCUT2D eigenvalue weighted by molar-refractivity contribution is 5.45. The van der Waals surface area contributed by atoms with Crippen LogP contribution in [0.1, 0.15) is 29.9 Å². The summed E-state index contributed by atoms with van der Waals surface area (Å²) >= 11 is 0. The molecule has 19 heavy (non-hydrogen) atoms. The first-order valence-corrected chi connectivity index (χ1v) is 5.86. The molecule has 0 aliphatic rings. The summed E-state index contributed by atoms with van der Waals surface area (Å²) in [5, 5.41) is 13.2. The standard InChI is InChI=1S/C13H15N5O/c1-9(15)13-16-8-18(17-13)7-10-3-4-11(6-14)12(5-10)19-2/h3-5,8-9H,7,15H2,1-2H3. The SMILES string of the molecule is COc1cc(Cn2cnc(C(C)N)n2)ccc1C#N. The molecule has 0 fully saturated rings. The minimum atomic E-state index is -0.184. The van der Waals surface area contributed by atoms with E-state index in [4.69, 9.17) is 15.7 Å². The molecule has 2 aromatic rings. The second-order valence-corrected chi connectivity index (χ2v) is 4.24. The van der Waals surface area contributed by atoms with Crippen LogP contribution in [0.3, 0.4) is 0 Å². The van der Waals surface area contributed by atoms with E-state index in [1.165, 1.54) is 0 Å². The number of nitriles is 1. The summed E-state index contributed by atoms with van der Waals surface area (Å²) in [6.45, 7) is 2.40. The summed E-state index contributed by atoms with van der Waals surface area (Å²) in [6.07, 6.45) is 1.64. The largest absolute Gasteiger partial charge is 0.495 e. The second-order valence-electron chi connectivity index (χ2n) is 4.24. The van der Waals surface area contributed by atoms with E-state index in [1.807, 2.05) is 19.1 Å². The van der Waals surface area contributed by atoms with E-state index in [9.17, 15) is 0 Å². The van der Waals surface area contributed by atoms with E-state index in [1.54, 1.807) is 24.2 Å². The molecule has 0 amide bonds. The van der Waals surface area contributed by atoms with Crippen LogP contribution in [0.4, 0.5) is 0 Å². The lowest BCUT2D eigenvalue weighted by molar-refractivity contribution is 0.412. The van der Waals surface area contributed by atoms with E-state index in [0.717, 1.165) is 5.56 Å². The normalized spacial score (nSPS) is 11.9. The molecule has 0 aliphatic heterocycles. The number of nitrogens with zero attached hydrogens (tertiary/aromatic N) is 4. The number of aromatic nitrogens is 3. The van der Waals surface area contributed by atoms with Gasteiger partial charge in [-0.1, -0.05) is 6.07 Å². The third-order valence-electron chi connectivity index (χ3n) is 2.69. The van der Waals surface area contributed by atoms with Crippen molar-refractivity contribution in [1.82, 2.24) is 14.8 Å². The Morgan fingerprint density at radius 2 is 2.32 bits per heavy atom. The molecule has 1 aromatic heterocycles. The topological polar surface area (TPSA) is 89.8 Å². The van der Waals surface area contributed by atoms with Crippen LogP contribution in [0, 0.1) is 11.3 Å². The van der Waals surface area contributed by atoms with Crippen LogP contribution in [0.2, 0.25) is 0 Å². The van der Waals surface area contributed by atoms with Crippen LogP contribution in [-0.2, 0) is 6.54 Å². The molecule has 0 radical (unpaired) electrons. The number of ether oxygens (including phenoxy) is 1. The summed E-state index contributed by atoms with van der Waals surface area (Å²) in [5.41, 5.74) is 7.21. The molecule has 6 nitrogen and oxygen atoms in total. The van der Waals surface area contributed by atoms with Gasteiger partial charge in [0, 0.05) is 0 Å². The summed E-state index contributed by atoms with van der Waals surface area (Å²) < 4.78 is 6.88. The highest BCUT2D eigenvalue weighted by atomic mass is 16.5. The van der Waals surface area contributed by atoms with Gasteiger partial charge in [0.25, 0.3) is 0 Å². The van der Waals surface area contributed by atoms with Crippen molar-refractivity contribution in [1.29, 1.82) is 5.26 Å². The Labute approximate surface area is 111 Å². The molecule has 2 rings (SSSR count). The van der Waals surface area contributed by atoms with Crippen molar-refractivity contribution in [2.24, 2.45) is 5.73 Å². The number of nitrogens with two attached hydrogens (primary N) is 1. The number of hydrogen-bond acceptors (Lipinski definition) is 5. The molecule has 1 heterocycles. The van der Waals surface area contributed by atoms with E-state index < -0.39 is 0 Å². The maximum Gasteiger partial charge on any atom is 0.166 e. The first kappa shape index (κ1) is 13.1. The maximum atomic E-state index is 8.92. The van der Waals surface area contributed by atoms with Crippen LogP contribution in [-0.4, -0.2) is 21.9 Å². The average Bonchev–Trinajstić information content (AvgIpc) is 2.87. The third-order valence-corrected chi connectivity index (χ3v) is 2.69. The fourth-order valence-electron chi connectivity index (χ4n) is 1.71. The van der Waals surface area contributed by atoms with Crippen molar-refractivity contribution in [2.75, 3.05) is 7.11 Å². The molecule has 0 spiro atoms. The number of rotatable bonds is 4. The summed E-state index contributed by atoms with van der Waals surface area (Å²) in [7, 11) is 1.55. The molecule has 0 bridgehead atoms. The van der Waals surface area contributed by atoms with Gasteiger partial charge in [-0.3, -0.25) is 0 Å². The summed E-state index contributed by atoms with van der Waals surface area (Å²) in [6, 6.07) is 7.32. The monoisotopic (exact) mass is 257 g/mol. The third kappa shape index (κ3) is 2.89. The van der Waals surface area contributed by atoms with E-state index in [2.05, 4.69) is 16.2 Å². The van der Waals surface area contributed by atoms with Crippen molar-refractivity contribution in [2.45, 2.75) is 19.5 Å². The van der Waals surface area contributed by atoms with Gasteiger partial charge in [0.15, 0.2) is 5.82 Å². The van der Waals surface area contributed by atoms with Crippen molar-refractivity contribution in [3.8, 4) is 11.8 Å². The van der Waals surface area contributed by atoms with Gasteiger partial charge in [-0.25, -0.2) is 9.67 Å². The van der Waals surface area contributed by atoms with Gasteiger partial charge in [0.05, 0.1) is 25.3 Å². The molecule has 98 valence electrons. The first-order chi connectivity index (χ1) is 9.13. The van der Waals surface area contributed by atoms with Gasteiger partial charge in [0.2, 0.25) is 0 Å². The predicted octanol–water partition coefficient (Wildman–Crippen LogP) is 1.23. The highest BCUT2D eigenvalue weighted by Crippen LogP contribution is 2.19. The zero-order valence-corrected chi connectivity index (χ0v) is 10.9. The Morgan fingerprint density at radius 3 is 2.89 bits per heavy atom. The lowest BCUT2D eigenvalue weighted by Crippen LogP contribution is -2.08. The fourth-order valence-corrected chi connectivity index (χ4v) is 1.71. The predicted molar refractivity (Wildman–Crippen MR) is 69.4 cm³/mol. The molecule has 2 N–H and O–H groups in total. The van der Waals surface area contributed by atoms with Gasteiger partial charge >= 0.3 is 0 Å². The molecule has 1 unspecified atom stereocenters. The van der Waals surface area contributed by atoms with Crippen LogP contribution in [0.5, 0.6) is 5.75 Å². The van der Waals surface area contributed by atoms with Crippen LogP contribution in [0.25, 0.3) is 0 Å². The van der Waals surface area contributed by atoms with Crippen molar-refractivity contribution in [3.63, 3.8) is 0 Å². The Balaban J connectivity index is 2.21. The molecule has 1 aromatic carbocycles. The number of hydrogen-bond donors (Lipinski definition) is 1. The van der Waals surface area contributed by atoms with E-state index in [-0.39, 0.29) is 6.04 Å². The highest BCUT2D eigenvalue weighted by Gasteiger charge is 2.07. The van der Waals surface area contributed by atoms with Gasteiger partial charge in [-0.05, 0) is 24.6 Å². The van der Waals surface area contributed by atoms with Gasteiger partial charge in [-0.15, -0.1) is 0 Å². The Bertz CT molecular complexity index is 612. The van der Waals surface area contributed by atoms with E-state index in [0.29, 0.717) is 23.7 Å². The van der Waals surface area contributed by atoms with Crippen LogP contribution < -0.4 is 10.5 Å². The lowest BCUT2D eigenvalue weighted by atomic mass is 10.1. The maximum absolute atomic E-state index is 8.92. The minimum absolute atomic E-state index is 0.184. The van der Waals surface area contributed by atoms with Crippen molar-refractivity contribution in [3.05, 3.63) is 41.5 Å². The molecule has 1 atom stereocenters. The summed E-state index contributed by atoms with van der Waals surface area (Å²) in [4.78, 5) is 4.13. The molecule has 0 aliphatic carbocycles. The van der Waals surface area contributed by atoms with Gasteiger partial charge < -0.3 is 10.5 Å². The number of benzene rings is 1. The smallest absolute Gasteiger partial charge is 0.166 e. The minimum Gasteiger partial charge on any atom is -0.495 e. The van der Waals surface area contributed by atoms with Crippen LogP contribution in [0.15, 0.2) is 24.5 Å². The molecular weight excluding hydrogens is 242 g/mol. The number of methoxy groups -OCH3 is 1. The second kappa shape index (κ2) is 5.50. The Hall–Kier alpha value is -2.39. The van der Waals surface area contributed by atoms with Crippen molar-refractivity contribution >= 4 is 0 Å². The Morgan fingerprint density at radius 1 is 1.53 bits per heavy atom.